The number of rotatable bonds is 1. The van der Waals surface area contributed by atoms with Crippen LogP contribution in [-0.4, -0.2) is 26.1 Å². The number of aromatic nitrogens is 4. The van der Waals surface area contributed by atoms with Crippen LogP contribution in [0.3, 0.4) is 0 Å². The van der Waals surface area contributed by atoms with Crippen LogP contribution < -0.4 is 4.90 Å². The van der Waals surface area contributed by atoms with Crippen LogP contribution in [0.4, 0.5) is 5.95 Å². The zero-order valence-corrected chi connectivity index (χ0v) is 13.5. The second kappa shape index (κ2) is 5.03. The molecule has 118 valence electrons. The lowest BCUT2D eigenvalue weighted by molar-refractivity contribution is 0.690. The van der Waals surface area contributed by atoms with Crippen molar-refractivity contribution in [2.75, 3.05) is 11.4 Å². The smallest absolute Gasteiger partial charge is 0.229 e. The van der Waals surface area contributed by atoms with Gasteiger partial charge in [-0.05, 0) is 36.6 Å². The first-order valence-electron chi connectivity index (χ1n) is 8.23. The van der Waals surface area contributed by atoms with Crippen molar-refractivity contribution in [1.29, 1.82) is 0 Å². The van der Waals surface area contributed by atoms with Crippen LogP contribution in [0.1, 0.15) is 17.0 Å². The Morgan fingerprint density at radius 1 is 0.917 bits per heavy atom. The summed E-state index contributed by atoms with van der Waals surface area (Å²) < 4.78 is 1.89. The number of hydrogen-bond acceptors (Lipinski definition) is 4. The minimum Gasteiger partial charge on any atom is -0.336 e. The van der Waals surface area contributed by atoms with E-state index >= 15 is 0 Å². The predicted molar refractivity (Wildman–Crippen MR) is 94.2 cm³/mol. The Balaban J connectivity index is 1.71. The molecule has 0 spiro atoms. The van der Waals surface area contributed by atoms with Gasteiger partial charge in [-0.25, -0.2) is 9.97 Å². The van der Waals surface area contributed by atoms with Crippen molar-refractivity contribution in [3.63, 3.8) is 0 Å². The number of hydrogen-bond donors (Lipinski definition) is 0. The monoisotopic (exact) mass is 315 g/mol. The summed E-state index contributed by atoms with van der Waals surface area (Å²) in [4.78, 5) is 11.8. The number of fused-ring (bicyclic) bond motifs is 4. The molecular formula is C19H17N5. The molecule has 1 aliphatic rings. The van der Waals surface area contributed by atoms with Crippen LogP contribution in [0.2, 0.25) is 0 Å². The molecule has 5 rings (SSSR count). The number of anilines is 1. The van der Waals surface area contributed by atoms with Crippen molar-refractivity contribution in [3.8, 4) is 0 Å². The largest absolute Gasteiger partial charge is 0.336 e. The second-order valence-electron chi connectivity index (χ2n) is 6.26. The molecule has 0 unspecified atom stereocenters. The lowest BCUT2D eigenvalue weighted by Gasteiger charge is -2.29. The average Bonchev–Trinajstić information content (AvgIpc) is 3.02. The molecule has 0 saturated heterocycles. The fraction of sp³-hybridized carbons (Fsp3) is 0.211. The third-order valence-corrected chi connectivity index (χ3v) is 4.68. The quantitative estimate of drug-likeness (QED) is 0.541. The molecule has 0 N–H and O–H groups in total. The van der Waals surface area contributed by atoms with Gasteiger partial charge in [-0.2, -0.15) is 4.52 Å². The van der Waals surface area contributed by atoms with E-state index in [2.05, 4.69) is 45.3 Å². The van der Waals surface area contributed by atoms with Crippen LogP contribution in [0.25, 0.3) is 16.6 Å². The summed E-state index contributed by atoms with van der Waals surface area (Å²) in [6, 6.07) is 16.8. The first-order chi connectivity index (χ1) is 11.8. The molecular weight excluding hydrogens is 298 g/mol. The molecule has 0 fully saturated rings. The molecule has 5 nitrogen and oxygen atoms in total. The van der Waals surface area contributed by atoms with Gasteiger partial charge in [-0.1, -0.05) is 36.4 Å². The van der Waals surface area contributed by atoms with E-state index in [1.54, 1.807) is 0 Å². The third kappa shape index (κ3) is 1.98. The number of nitrogens with zero attached hydrogens (tertiary/aromatic N) is 5. The van der Waals surface area contributed by atoms with Crippen LogP contribution in [0, 0.1) is 6.92 Å². The van der Waals surface area contributed by atoms with Gasteiger partial charge in [-0.3, -0.25) is 0 Å². The maximum Gasteiger partial charge on any atom is 0.229 e. The molecule has 0 radical (unpaired) electrons. The van der Waals surface area contributed by atoms with E-state index in [0.29, 0.717) is 0 Å². The zero-order valence-electron chi connectivity index (χ0n) is 13.5. The van der Waals surface area contributed by atoms with Crippen LogP contribution in [-0.2, 0) is 13.0 Å². The molecule has 0 aliphatic carbocycles. The molecule has 0 saturated carbocycles. The van der Waals surface area contributed by atoms with Crippen molar-refractivity contribution in [3.05, 3.63) is 65.5 Å². The highest BCUT2D eigenvalue weighted by molar-refractivity contribution is 5.92. The molecule has 5 heteroatoms. The van der Waals surface area contributed by atoms with Gasteiger partial charge in [0.15, 0.2) is 5.65 Å². The van der Waals surface area contributed by atoms with Gasteiger partial charge in [0.05, 0.1) is 5.52 Å². The highest BCUT2D eigenvalue weighted by Gasteiger charge is 2.21. The molecule has 2 aromatic carbocycles. The maximum absolute atomic E-state index is 4.90. The second-order valence-corrected chi connectivity index (χ2v) is 6.26. The molecule has 2 aromatic heterocycles. The van der Waals surface area contributed by atoms with Gasteiger partial charge in [0.1, 0.15) is 5.82 Å². The normalized spacial score (nSPS) is 14.3. The standard InChI is InChI=1S/C19H17N5/c1-13-20-18-16-8-4-5-9-17(16)21-19(24(18)22-13)23-11-10-14-6-2-3-7-15(14)12-23/h2-9H,10-12H2,1H3. The molecule has 0 amide bonds. The molecule has 24 heavy (non-hydrogen) atoms. The number of benzene rings is 2. The Hall–Kier alpha value is -2.95. The van der Waals surface area contributed by atoms with Gasteiger partial charge in [-0.15, -0.1) is 5.10 Å². The van der Waals surface area contributed by atoms with E-state index in [1.807, 2.05) is 29.6 Å². The van der Waals surface area contributed by atoms with Gasteiger partial charge < -0.3 is 4.90 Å². The minimum atomic E-state index is 0.770. The molecule has 0 bridgehead atoms. The van der Waals surface area contributed by atoms with Gasteiger partial charge in [0.25, 0.3) is 0 Å². The highest BCUT2D eigenvalue weighted by Crippen LogP contribution is 2.26. The molecule has 4 aromatic rings. The van der Waals surface area contributed by atoms with E-state index in [9.17, 15) is 0 Å². The first-order valence-corrected chi connectivity index (χ1v) is 8.23. The minimum absolute atomic E-state index is 0.770. The summed E-state index contributed by atoms with van der Waals surface area (Å²) in [6.07, 6.45) is 1.03. The van der Waals surface area contributed by atoms with Crippen LogP contribution in [0.15, 0.2) is 48.5 Å². The SMILES string of the molecule is Cc1nc2c3ccccc3nc(N3CCc4ccccc4C3)n2n1. The number of aryl methyl sites for hydroxylation is 1. The van der Waals surface area contributed by atoms with E-state index in [1.165, 1.54) is 11.1 Å². The van der Waals surface area contributed by atoms with E-state index in [0.717, 1.165) is 47.8 Å². The highest BCUT2D eigenvalue weighted by atomic mass is 15.4. The zero-order chi connectivity index (χ0) is 16.1. The molecule has 1 aliphatic heterocycles. The summed E-state index contributed by atoms with van der Waals surface area (Å²) in [5.41, 5.74) is 4.64. The van der Waals surface area contributed by atoms with E-state index in [4.69, 9.17) is 4.98 Å². The Bertz CT molecular complexity index is 1070. The Kier molecular flexibility index (Phi) is 2.82. The van der Waals surface area contributed by atoms with Crippen molar-refractivity contribution in [2.24, 2.45) is 0 Å². The topological polar surface area (TPSA) is 46.3 Å². The fourth-order valence-corrected chi connectivity index (χ4v) is 3.52. The van der Waals surface area contributed by atoms with Crippen molar-refractivity contribution >= 4 is 22.5 Å². The molecule has 0 atom stereocenters. The Labute approximate surface area is 139 Å². The Morgan fingerprint density at radius 3 is 2.62 bits per heavy atom. The van der Waals surface area contributed by atoms with Gasteiger partial charge in [0, 0.05) is 18.5 Å². The third-order valence-electron chi connectivity index (χ3n) is 4.68. The van der Waals surface area contributed by atoms with Crippen molar-refractivity contribution in [2.45, 2.75) is 19.9 Å². The summed E-state index contributed by atoms with van der Waals surface area (Å²) in [5.74, 6) is 1.64. The summed E-state index contributed by atoms with van der Waals surface area (Å²) >= 11 is 0. The first kappa shape index (κ1) is 13.5. The summed E-state index contributed by atoms with van der Waals surface area (Å²) in [6.45, 7) is 3.73. The predicted octanol–water partition coefficient (Wildman–Crippen LogP) is 3.15. The van der Waals surface area contributed by atoms with Gasteiger partial charge in [0.2, 0.25) is 5.95 Å². The maximum atomic E-state index is 4.90. The van der Waals surface area contributed by atoms with Crippen molar-refractivity contribution < 1.29 is 0 Å². The van der Waals surface area contributed by atoms with Gasteiger partial charge >= 0.3 is 0 Å². The summed E-state index contributed by atoms with van der Waals surface area (Å²) in [7, 11) is 0. The average molecular weight is 315 g/mol. The van der Waals surface area contributed by atoms with Crippen LogP contribution in [0.5, 0.6) is 0 Å². The van der Waals surface area contributed by atoms with Crippen molar-refractivity contribution in [1.82, 2.24) is 19.6 Å². The fourth-order valence-electron chi connectivity index (χ4n) is 3.52. The molecule has 3 heterocycles. The number of para-hydroxylation sites is 1. The Morgan fingerprint density at radius 2 is 1.71 bits per heavy atom. The van der Waals surface area contributed by atoms with E-state index in [-0.39, 0.29) is 0 Å². The lowest BCUT2D eigenvalue weighted by Crippen LogP contribution is -2.32. The summed E-state index contributed by atoms with van der Waals surface area (Å²) in [5, 5.41) is 5.64. The van der Waals surface area contributed by atoms with E-state index < -0.39 is 0 Å². The lowest BCUT2D eigenvalue weighted by atomic mass is 10.0. The van der Waals surface area contributed by atoms with Crippen LogP contribution >= 0.6 is 0 Å².